The van der Waals surface area contributed by atoms with Crippen LogP contribution in [0.15, 0.2) is 29.2 Å². The molecular formula is C13H13FN2O3S. The minimum Gasteiger partial charge on any atom is -0.324 e. The van der Waals surface area contributed by atoms with E-state index in [4.69, 9.17) is 0 Å². The highest BCUT2D eigenvalue weighted by Crippen LogP contribution is 2.22. The van der Waals surface area contributed by atoms with E-state index < -0.39 is 11.8 Å². The number of hydrogen-bond acceptors (Lipinski definition) is 4. The van der Waals surface area contributed by atoms with Crippen LogP contribution in [0.1, 0.15) is 6.42 Å². The van der Waals surface area contributed by atoms with Gasteiger partial charge in [-0.1, -0.05) is 12.1 Å². The summed E-state index contributed by atoms with van der Waals surface area (Å²) in [6, 6.07) is 6.32. The van der Waals surface area contributed by atoms with E-state index in [0.717, 1.165) is 0 Å². The Morgan fingerprint density at radius 1 is 1.25 bits per heavy atom. The molecule has 1 aromatic carbocycles. The Morgan fingerprint density at radius 2 is 1.90 bits per heavy atom. The van der Waals surface area contributed by atoms with E-state index in [1.54, 1.807) is 18.2 Å². The maximum absolute atomic E-state index is 13.4. The second kappa shape index (κ2) is 6.51. The molecule has 1 N–H and O–H groups in total. The van der Waals surface area contributed by atoms with E-state index >= 15 is 0 Å². The van der Waals surface area contributed by atoms with Crippen LogP contribution >= 0.6 is 11.8 Å². The molecule has 20 heavy (non-hydrogen) atoms. The van der Waals surface area contributed by atoms with Crippen LogP contribution in [0.2, 0.25) is 0 Å². The number of halogens is 1. The number of carbonyl (C=O) groups excluding carboxylic acids is 3. The Hall–Kier alpha value is -1.89. The third kappa shape index (κ3) is 3.80. The predicted octanol–water partition coefficient (Wildman–Crippen LogP) is 0.793. The van der Waals surface area contributed by atoms with Gasteiger partial charge in [0.1, 0.15) is 18.9 Å². The predicted molar refractivity (Wildman–Crippen MR) is 71.5 cm³/mol. The molecule has 7 heteroatoms. The summed E-state index contributed by atoms with van der Waals surface area (Å²) < 4.78 is 13.4. The Kier molecular flexibility index (Phi) is 4.73. The van der Waals surface area contributed by atoms with Crippen LogP contribution in [-0.2, 0) is 14.4 Å². The van der Waals surface area contributed by atoms with Crippen molar-refractivity contribution in [1.82, 2.24) is 10.2 Å². The van der Waals surface area contributed by atoms with E-state index in [1.165, 1.54) is 22.7 Å². The summed E-state index contributed by atoms with van der Waals surface area (Å²) >= 11 is 1.23. The van der Waals surface area contributed by atoms with Crippen LogP contribution in [0.5, 0.6) is 0 Å². The topological polar surface area (TPSA) is 66.5 Å². The van der Waals surface area contributed by atoms with Crippen LogP contribution in [0, 0.1) is 5.82 Å². The molecule has 0 bridgehead atoms. The van der Waals surface area contributed by atoms with Crippen molar-refractivity contribution in [2.75, 3.05) is 18.8 Å². The van der Waals surface area contributed by atoms with Crippen LogP contribution in [0.4, 0.5) is 4.39 Å². The van der Waals surface area contributed by atoms with Crippen molar-refractivity contribution in [2.24, 2.45) is 0 Å². The van der Waals surface area contributed by atoms with Gasteiger partial charge in [-0.3, -0.25) is 19.7 Å². The van der Waals surface area contributed by atoms with Crippen molar-refractivity contribution in [2.45, 2.75) is 11.3 Å². The molecule has 1 aliphatic heterocycles. The fourth-order valence-corrected chi connectivity index (χ4v) is 2.66. The quantitative estimate of drug-likeness (QED) is 0.659. The molecule has 5 nitrogen and oxygen atoms in total. The third-order valence-corrected chi connectivity index (χ3v) is 3.76. The van der Waals surface area contributed by atoms with E-state index in [9.17, 15) is 18.8 Å². The SMILES string of the molecule is O=C1CN(C(=O)CCSc2ccccc2F)CC(=O)N1. The van der Waals surface area contributed by atoms with Gasteiger partial charge in [0, 0.05) is 17.1 Å². The Bertz CT molecular complexity index is 534. The lowest BCUT2D eigenvalue weighted by molar-refractivity contribution is -0.145. The molecule has 1 aromatic rings. The van der Waals surface area contributed by atoms with Crippen molar-refractivity contribution in [1.29, 1.82) is 0 Å². The van der Waals surface area contributed by atoms with Gasteiger partial charge in [-0.25, -0.2) is 4.39 Å². The number of nitrogens with zero attached hydrogens (tertiary/aromatic N) is 1. The third-order valence-electron chi connectivity index (χ3n) is 2.71. The molecule has 0 radical (unpaired) electrons. The first-order valence-corrected chi connectivity index (χ1v) is 7.02. The van der Waals surface area contributed by atoms with Gasteiger partial charge in [-0.2, -0.15) is 0 Å². The van der Waals surface area contributed by atoms with Gasteiger partial charge in [-0.05, 0) is 12.1 Å². The number of hydrogen-bond donors (Lipinski definition) is 1. The molecule has 0 saturated carbocycles. The molecule has 3 amide bonds. The standard InChI is InChI=1S/C13H13FN2O3S/c14-9-3-1-2-4-10(9)20-6-5-13(19)16-7-11(17)15-12(18)8-16/h1-4H,5-8H2,(H,15,17,18). The first-order chi connectivity index (χ1) is 9.56. The Labute approximate surface area is 119 Å². The molecular weight excluding hydrogens is 283 g/mol. The van der Waals surface area contributed by atoms with E-state index in [1.807, 2.05) is 0 Å². The molecule has 1 heterocycles. The highest BCUT2D eigenvalue weighted by atomic mass is 32.2. The summed E-state index contributed by atoms with van der Waals surface area (Å²) in [6.45, 7) is -0.204. The van der Waals surface area contributed by atoms with Gasteiger partial charge >= 0.3 is 0 Å². The smallest absolute Gasteiger partial charge is 0.246 e. The fourth-order valence-electron chi connectivity index (χ4n) is 1.78. The summed E-state index contributed by atoms with van der Waals surface area (Å²) in [7, 11) is 0. The highest BCUT2D eigenvalue weighted by Gasteiger charge is 2.25. The van der Waals surface area contributed by atoms with E-state index in [2.05, 4.69) is 5.32 Å². The van der Waals surface area contributed by atoms with Crippen LogP contribution < -0.4 is 5.32 Å². The monoisotopic (exact) mass is 296 g/mol. The lowest BCUT2D eigenvalue weighted by atomic mass is 10.3. The first kappa shape index (κ1) is 14.5. The lowest BCUT2D eigenvalue weighted by Gasteiger charge is -2.25. The van der Waals surface area contributed by atoms with Crippen LogP contribution in [0.25, 0.3) is 0 Å². The zero-order chi connectivity index (χ0) is 14.5. The maximum atomic E-state index is 13.4. The van der Waals surface area contributed by atoms with Gasteiger partial charge in [0.05, 0.1) is 0 Å². The molecule has 2 rings (SSSR count). The Morgan fingerprint density at radius 3 is 2.55 bits per heavy atom. The number of amides is 3. The normalized spacial score (nSPS) is 15.2. The lowest BCUT2D eigenvalue weighted by Crippen LogP contribution is -2.53. The van der Waals surface area contributed by atoms with Crippen molar-refractivity contribution >= 4 is 29.5 Å². The van der Waals surface area contributed by atoms with Gasteiger partial charge in [0.2, 0.25) is 17.7 Å². The first-order valence-electron chi connectivity index (χ1n) is 6.04. The van der Waals surface area contributed by atoms with Gasteiger partial charge < -0.3 is 4.90 Å². The molecule has 106 valence electrons. The number of piperazine rings is 1. The summed E-state index contributed by atoms with van der Waals surface area (Å²) in [5, 5.41) is 2.13. The largest absolute Gasteiger partial charge is 0.324 e. The summed E-state index contributed by atoms with van der Waals surface area (Å²) in [5.74, 6) is -1.16. The minimum absolute atomic E-state index is 0.102. The summed E-state index contributed by atoms with van der Waals surface area (Å²) in [6.07, 6.45) is 0.152. The molecule has 0 atom stereocenters. The number of thioether (sulfide) groups is 1. The van der Waals surface area contributed by atoms with Crippen molar-refractivity contribution < 1.29 is 18.8 Å². The molecule has 0 aliphatic carbocycles. The van der Waals surface area contributed by atoms with Crippen LogP contribution in [-0.4, -0.2) is 41.5 Å². The minimum atomic E-state index is -0.476. The van der Waals surface area contributed by atoms with Gasteiger partial charge in [-0.15, -0.1) is 11.8 Å². The van der Waals surface area contributed by atoms with Gasteiger partial charge in [0.25, 0.3) is 0 Å². The molecule has 0 spiro atoms. The second-order valence-electron chi connectivity index (χ2n) is 4.25. The fraction of sp³-hybridized carbons (Fsp3) is 0.308. The zero-order valence-corrected chi connectivity index (χ0v) is 11.4. The summed E-state index contributed by atoms with van der Waals surface area (Å²) in [4.78, 5) is 35.8. The number of rotatable bonds is 4. The Balaban J connectivity index is 1.82. The number of imide groups is 1. The molecule has 0 aromatic heterocycles. The molecule has 1 aliphatic rings. The maximum Gasteiger partial charge on any atom is 0.246 e. The number of nitrogens with one attached hydrogen (secondary N) is 1. The average molecular weight is 296 g/mol. The molecule has 1 saturated heterocycles. The molecule has 0 unspecified atom stereocenters. The second-order valence-corrected chi connectivity index (χ2v) is 5.39. The number of carbonyl (C=O) groups is 3. The van der Waals surface area contributed by atoms with E-state index in [0.29, 0.717) is 10.6 Å². The number of benzene rings is 1. The van der Waals surface area contributed by atoms with Crippen molar-refractivity contribution in [3.8, 4) is 0 Å². The van der Waals surface area contributed by atoms with Gasteiger partial charge in [0.15, 0.2) is 0 Å². The van der Waals surface area contributed by atoms with Crippen molar-refractivity contribution in [3.05, 3.63) is 30.1 Å². The highest BCUT2D eigenvalue weighted by molar-refractivity contribution is 7.99. The van der Waals surface area contributed by atoms with Crippen molar-refractivity contribution in [3.63, 3.8) is 0 Å². The molecule has 1 fully saturated rings. The van der Waals surface area contributed by atoms with E-state index in [-0.39, 0.29) is 31.2 Å². The average Bonchev–Trinajstić information content (AvgIpc) is 2.39. The summed E-state index contributed by atoms with van der Waals surface area (Å²) in [5.41, 5.74) is 0. The van der Waals surface area contributed by atoms with Crippen LogP contribution in [0.3, 0.4) is 0 Å². The zero-order valence-electron chi connectivity index (χ0n) is 10.6.